The van der Waals surface area contributed by atoms with E-state index in [9.17, 15) is 4.79 Å². The number of benzene rings is 1. The minimum absolute atomic E-state index is 0.444. The predicted octanol–water partition coefficient (Wildman–Crippen LogP) is 4.35. The van der Waals surface area contributed by atoms with E-state index in [1.807, 2.05) is 0 Å². The lowest BCUT2D eigenvalue weighted by atomic mass is 10.2. The van der Waals surface area contributed by atoms with Gasteiger partial charge in [-0.05, 0) is 55.6 Å². The molecule has 0 atom stereocenters. The van der Waals surface area contributed by atoms with E-state index in [1.54, 1.807) is 12.1 Å². The molecular weight excluding hydrogens is 375 g/mol. The third-order valence-electron chi connectivity index (χ3n) is 1.20. The molecule has 0 N–H and O–H groups in total. The Bertz CT molecular complexity index is 314. The zero-order valence-corrected chi connectivity index (χ0v) is 11.1. The van der Waals surface area contributed by atoms with Crippen LogP contribution in [0.1, 0.15) is 10.4 Å². The fourth-order valence-corrected chi connectivity index (χ4v) is 3.78. The number of halogens is 4. The van der Waals surface area contributed by atoms with Gasteiger partial charge in [-0.2, -0.15) is 0 Å². The van der Waals surface area contributed by atoms with Gasteiger partial charge >= 0.3 is 0 Å². The monoisotopic (exact) mass is 374 g/mol. The maximum atomic E-state index is 10.9. The molecule has 12 heavy (non-hydrogen) atoms. The first-order valence-electron chi connectivity index (χ1n) is 2.86. The van der Waals surface area contributed by atoms with Crippen LogP contribution >= 0.6 is 59.4 Å². The van der Waals surface area contributed by atoms with Crippen LogP contribution in [0.3, 0.4) is 0 Å². The standard InChI is InChI=1S/C7H2Br3ClO/c8-3-1-4(9)6(7(11)12)5(10)2-3/h1-2H. The molecule has 1 nitrogen and oxygen atoms in total. The first-order valence-corrected chi connectivity index (χ1v) is 5.62. The van der Waals surface area contributed by atoms with E-state index in [4.69, 9.17) is 11.6 Å². The normalized spacial score (nSPS) is 10.0. The summed E-state index contributed by atoms with van der Waals surface area (Å²) in [6.45, 7) is 0. The average Bonchev–Trinajstić information content (AvgIpc) is 1.82. The molecule has 0 radical (unpaired) electrons. The molecule has 0 spiro atoms. The van der Waals surface area contributed by atoms with E-state index >= 15 is 0 Å². The van der Waals surface area contributed by atoms with Gasteiger partial charge in [0.25, 0.3) is 5.24 Å². The summed E-state index contributed by atoms with van der Waals surface area (Å²) in [5, 5.41) is -0.485. The molecule has 1 aromatic rings. The second-order valence-electron chi connectivity index (χ2n) is 2.02. The van der Waals surface area contributed by atoms with Gasteiger partial charge < -0.3 is 0 Å². The lowest BCUT2D eigenvalue weighted by molar-refractivity contribution is 0.108. The Hall–Kier alpha value is 0.620. The van der Waals surface area contributed by atoms with Crippen LogP contribution in [-0.2, 0) is 0 Å². The Morgan fingerprint density at radius 2 is 1.58 bits per heavy atom. The van der Waals surface area contributed by atoms with E-state index in [0.29, 0.717) is 14.5 Å². The average molecular weight is 377 g/mol. The molecule has 0 aliphatic heterocycles. The summed E-state index contributed by atoms with van der Waals surface area (Å²) in [4.78, 5) is 10.9. The molecule has 1 rings (SSSR count). The molecule has 0 unspecified atom stereocenters. The summed E-state index contributed by atoms with van der Waals surface area (Å²) >= 11 is 15.1. The molecule has 0 saturated carbocycles. The number of hydrogen-bond acceptors (Lipinski definition) is 1. The molecule has 64 valence electrons. The van der Waals surface area contributed by atoms with Crippen molar-refractivity contribution in [3.63, 3.8) is 0 Å². The molecule has 0 aliphatic carbocycles. The number of carbonyl (C=O) groups is 1. The van der Waals surface area contributed by atoms with E-state index in [0.717, 1.165) is 4.47 Å². The second kappa shape index (κ2) is 4.22. The van der Waals surface area contributed by atoms with Crippen molar-refractivity contribution in [2.75, 3.05) is 0 Å². The van der Waals surface area contributed by atoms with E-state index in [1.165, 1.54) is 0 Å². The Morgan fingerprint density at radius 1 is 1.17 bits per heavy atom. The highest BCUT2D eigenvalue weighted by Crippen LogP contribution is 2.30. The van der Waals surface area contributed by atoms with E-state index in [-0.39, 0.29) is 0 Å². The van der Waals surface area contributed by atoms with E-state index in [2.05, 4.69) is 47.8 Å². The third-order valence-corrected chi connectivity index (χ3v) is 3.10. The maximum absolute atomic E-state index is 10.9. The Balaban J connectivity index is 3.38. The summed E-state index contributed by atoms with van der Waals surface area (Å²) in [7, 11) is 0. The van der Waals surface area contributed by atoms with Crippen LogP contribution in [0.5, 0.6) is 0 Å². The molecule has 0 bridgehead atoms. The van der Waals surface area contributed by atoms with Crippen molar-refractivity contribution in [2.24, 2.45) is 0 Å². The lowest BCUT2D eigenvalue weighted by Gasteiger charge is -2.02. The highest BCUT2D eigenvalue weighted by atomic mass is 79.9. The van der Waals surface area contributed by atoms with Crippen molar-refractivity contribution < 1.29 is 4.79 Å². The van der Waals surface area contributed by atoms with Crippen molar-refractivity contribution in [3.8, 4) is 0 Å². The molecule has 0 saturated heterocycles. The molecule has 5 heteroatoms. The minimum atomic E-state index is -0.485. The molecular formula is C7H2Br3ClO. The fourth-order valence-electron chi connectivity index (χ4n) is 0.730. The highest BCUT2D eigenvalue weighted by molar-refractivity contribution is 9.11. The third kappa shape index (κ3) is 2.31. The molecule has 1 aromatic carbocycles. The smallest absolute Gasteiger partial charge is 0.254 e. The van der Waals surface area contributed by atoms with Crippen LogP contribution in [0.4, 0.5) is 0 Å². The van der Waals surface area contributed by atoms with Crippen LogP contribution in [0.2, 0.25) is 0 Å². The zero-order valence-electron chi connectivity index (χ0n) is 5.57. The Labute approximate surface area is 99.9 Å². The van der Waals surface area contributed by atoms with Crippen LogP contribution in [-0.4, -0.2) is 5.24 Å². The van der Waals surface area contributed by atoms with Gasteiger partial charge in [-0.25, -0.2) is 0 Å². The summed E-state index contributed by atoms with van der Waals surface area (Å²) in [5.41, 5.74) is 0.444. The first-order chi connectivity index (χ1) is 5.52. The molecule has 0 aliphatic rings. The predicted molar refractivity (Wildman–Crippen MR) is 59.7 cm³/mol. The van der Waals surface area contributed by atoms with Crippen molar-refractivity contribution >= 4 is 64.6 Å². The summed E-state index contributed by atoms with van der Waals surface area (Å²) in [6.07, 6.45) is 0. The quantitative estimate of drug-likeness (QED) is 0.665. The van der Waals surface area contributed by atoms with Gasteiger partial charge in [-0.3, -0.25) is 4.79 Å². The lowest BCUT2D eigenvalue weighted by Crippen LogP contribution is -1.92. The molecule has 0 aromatic heterocycles. The van der Waals surface area contributed by atoms with Crippen LogP contribution in [0.15, 0.2) is 25.6 Å². The Kier molecular flexibility index (Phi) is 3.76. The second-order valence-corrected chi connectivity index (χ2v) is 4.99. The van der Waals surface area contributed by atoms with Crippen LogP contribution < -0.4 is 0 Å². The number of hydrogen-bond donors (Lipinski definition) is 0. The largest absolute Gasteiger partial charge is 0.276 e. The summed E-state index contributed by atoms with van der Waals surface area (Å²) < 4.78 is 2.22. The Morgan fingerprint density at radius 3 is 1.92 bits per heavy atom. The van der Waals surface area contributed by atoms with Gasteiger partial charge in [0.1, 0.15) is 0 Å². The summed E-state index contributed by atoms with van der Waals surface area (Å²) in [6, 6.07) is 3.53. The zero-order chi connectivity index (χ0) is 9.30. The van der Waals surface area contributed by atoms with Gasteiger partial charge in [-0.1, -0.05) is 15.9 Å². The number of carbonyl (C=O) groups excluding carboxylic acids is 1. The van der Waals surface area contributed by atoms with Crippen LogP contribution in [0, 0.1) is 0 Å². The number of rotatable bonds is 1. The highest BCUT2D eigenvalue weighted by Gasteiger charge is 2.12. The van der Waals surface area contributed by atoms with Crippen molar-refractivity contribution in [3.05, 3.63) is 31.1 Å². The van der Waals surface area contributed by atoms with Crippen molar-refractivity contribution in [1.82, 2.24) is 0 Å². The minimum Gasteiger partial charge on any atom is -0.276 e. The SMILES string of the molecule is O=C(Cl)c1c(Br)cc(Br)cc1Br. The van der Waals surface area contributed by atoms with Gasteiger partial charge in [0.15, 0.2) is 0 Å². The molecule has 0 amide bonds. The van der Waals surface area contributed by atoms with Crippen molar-refractivity contribution in [1.29, 1.82) is 0 Å². The molecule has 0 heterocycles. The van der Waals surface area contributed by atoms with E-state index < -0.39 is 5.24 Å². The van der Waals surface area contributed by atoms with Gasteiger partial charge in [0.2, 0.25) is 0 Å². The molecule has 0 fully saturated rings. The van der Waals surface area contributed by atoms with Crippen LogP contribution in [0.25, 0.3) is 0 Å². The fraction of sp³-hybridized carbons (Fsp3) is 0. The van der Waals surface area contributed by atoms with Gasteiger partial charge in [0, 0.05) is 13.4 Å². The topological polar surface area (TPSA) is 17.1 Å². The van der Waals surface area contributed by atoms with Gasteiger partial charge in [-0.15, -0.1) is 0 Å². The van der Waals surface area contributed by atoms with Gasteiger partial charge in [0.05, 0.1) is 5.56 Å². The summed E-state index contributed by atoms with van der Waals surface area (Å²) in [5.74, 6) is 0. The first kappa shape index (κ1) is 10.7. The maximum Gasteiger partial charge on any atom is 0.254 e. The van der Waals surface area contributed by atoms with Crippen molar-refractivity contribution in [2.45, 2.75) is 0 Å².